The molecule has 0 N–H and O–H groups in total. The van der Waals surface area contributed by atoms with Crippen LogP contribution in [0.2, 0.25) is 0 Å². The molecule has 0 saturated carbocycles. The van der Waals surface area contributed by atoms with Crippen molar-refractivity contribution in [1.29, 1.82) is 0 Å². The fourth-order valence-electron chi connectivity index (χ4n) is 3.90. The number of allylic oxidation sites excluding steroid dienone is 12. The van der Waals surface area contributed by atoms with Crippen LogP contribution < -0.4 is 0 Å². The summed E-state index contributed by atoms with van der Waals surface area (Å²) in [5, 5.41) is 0. The first kappa shape index (κ1) is 10.4. The molecule has 0 heterocycles. The summed E-state index contributed by atoms with van der Waals surface area (Å²) in [4.78, 5) is 0. The smallest absolute Gasteiger partial charge is 0.00173 e. The Bertz CT molecular complexity index is 582. The third kappa shape index (κ3) is 1.21. The van der Waals surface area contributed by atoms with Crippen molar-refractivity contribution in [1.82, 2.24) is 0 Å². The van der Waals surface area contributed by atoms with Gasteiger partial charge in [-0.15, -0.1) is 0 Å². The Morgan fingerprint density at radius 2 is 1.11 bits per heavy atom. The normalized spacial score (nSPS) is 25.2. The van der Waals surface area contributed by atoms with E-state index in [1.165, 1.54) is 12.8 Å². The van der Waals surface area contributed by atoms with Gasteiger partial charge in [0.05, 0.1) is 0 Å². The molecule has 0 unspecified atom stereocenters. The van der Waals surface area contributed by atoms with Gasteiger partial charge in [0.2, 0.25) is 0 Å². The highest BCUT2D eigenvalue weighted by Gasteiger charge is 2.29. The minimum atomic E-state index is 1.16. The Hall–Kier alpha value is -1.56. The van der Waals surface area contributed by atoms with Crippen LogP contribution in [0.5, 0.6) is 0 Å². The van der Waals surface area contributed by atoms with Gasteiger partial charge in [-0.05, 0) is 84.1 Å². The van der Waals surface area contributed by atoms with Crippen LogP contribution in [0.3, 0.4) is 0 Å². The zero-order chi connectivity index (χ0) is 12.3. The molecule has 0 amide bonds. The van der Waals surface area contributed by atoms with Gasteiger partial charge in [-0.1, -0.05) is 24.3 Å². The fourth-order valence-corrected chi connectivity index (χ4v) is 3.90. The van der Waals surface area contributed by atoms with Crippen molar-refractivity contribution < 1.29 is 0 Å². The molecule has 18 heavy (non-hydrogen) atoms. The summed E-state index contributed by atoms with van der Waals surface area (Å²) < 4.78 is 0. The van der Waals surface area contributed by atoms with E-state index in [-0.39, 0.29) is 0 Å². The summed E-state index contributed by atoms with van der Waals surface area (Å²) in [5.41, 5.74) is 12.7. The molecule has 0 aliphatic heterocycles. The van der Waals surface area contributed by atoms with E-state index < -0.39 is 0 Å². The molecular weight excluding hydrogens is 216 g/mol. The van der Waals surface area contributed by atoms with E-state index in [1.54, 1.807) is 44.6 Å². The molecule has 0 spiro atoms. The van der Waals surface area contributed by atoms with Crippen molar-refractivity contribution >= 4 is 0 Å². The van der Waals surface area contributed by atoms with Crippen LogP contribution in [0, 0.1) is 0 Å². The molecule has 0 radical (unpaired) electrons. The van der Waals surface area contributed by atoms with Crippen molar-refractivity contribution in [2.24, 2.45) is 0 Å². The van der Waals surface area contributed by atoms with Crippen LogP contribution in [0.1, 0.15) is 39.5 Å². The Balaban J connectivity index is 1.72. The molecule has 4 aliphatic rings. The largest absolute Gasteiger partial charge is 0.0798 e. The minimum absolute atomic E-state index is 1.16. The second-order valence-electron chi connectivity index (χ2n) is 5.78. The maximum absolute atomic E-state index is 2.33. The lowest BCUT2D eigenvalue weighted by atomic mass is 9.93. The highest BCUT2D eigenvalue weighted by molar-refractivity contribution is 5.66. The van der Waals surface area contributed by atoms with Crippen molar-refractivity contribution in [3.63, 3.8) is 0 Å². The van der Waals surface area contributed by atoms with Crippen molar-refractivity contribution in [3.05, 3.63) is 68.9 Å². The molecule has 0 aromatic rings. The number of rotatable bonds is 1. The summed E-state index contributed by atoms with van der Waals surface area (Å²) in [7, 11) is 0. The molecule has 0 fully saturated rings. The van der Waals surface area contributed by atoms with Gasteiger partial charge in [-0.2, -0.15) is 0 Å². The quantitative estimate of drug-likeness (QED) is 0.603. The Labute approximate surface area is 109 Å². The van der Waals surface area contributed by atoms with E-state index in [1.807, 2.05) is 0 Å². The maximum atomic E-state index is 2.33. The van der Waals surface area contributed by atoms with E-state index in [2.05, 4.69) is 38.2 Å². The van der Waals surface area contributed by atoms with E-state index in [9.17, 15) is 0 Å². The second kappa shape index (κ2) is 3.47. The zero-order valence-corrected chi connectivity index (χ0v) is 11.1. The molecule has 0 aromatic heterocycles. The second-order valence-corrected chi connectivity index (χ2v) is 5.78. The molecule has 0 atom stereocenters. The summed E-state index contributed by atoms with van der Waals surface area (Å²) in [6.07, 6.45) is 13.9. The first-order valence-electron chi connectivity index (χ1n) is 6.93. The van der Waals surface area contributed by atoms with Crippen molar-refractivity contribution in [2.75, 3.05) is 0 Å². The molecule has 0 saturated heterocycles. The molecule has 4 rings (SSSR count). The van der Waals surface area contributed by atoms with E-state index in [4.69, 9.17) is 0 Å². The lowest BCUT2D eigenvalue weighted by molar-refractivity contribution is 1.09. The van der Waals surface area contributed by atoms with Crippen molar-refractivity contribution in [3.8, 4) is 0 Å². The molecule has 0 nitrogen and oxygen atoms in total. The van der Waals surface area contributed by atoms with Crippen LogP contribution in [0.4, 0.5) is 0 Å². The summed E-state index contributed by atoms with van der Waals surface area (Å²) in [5.74, 6) is 0. The zero-order valence-electron chi connectivity index (χ0n) is 11.1. The molecule has 0 aromatic carbocycles. The fraction of sp³-hybridized carbons (Fsp3) is 0.333. The predicted octanol–water partition coefficient (Wildman–Crippen LogP) is 4.94. The van der Waals surface area contributed by atoms with Crippen LogP contribution >= 0.6 is 0 Å². The first-order chi connectivity index (χ1) is 8.75. The van der Waals surface area contributed by atoms with Gasteiger partial charge in [0.1, 0.15) is 0 Å². The van der Waals surface area contributed by atoms with Gasteiger partial charge in [0, 0.05) is 0 Å². The van der Waals surface area contributed by atoms with Crippen molar-refractivity contribution in [2.45, 2.75) is 39.5 Å². The van der Waals surface area contributed by atoms with E-state index >= 15 is 0 Å². The molecule has 90 valence electrons. The monoisotopic (exact) mass is 234 g/mol. The van der Waals surface area contributed by atoms with Crippen LogP contribution in [-0.2, 0) is 0 Å². The van der Waals surface area contributed by atoms with Gasteiger partial charge >= 0.3 is 0 Å². The van der Waals surface area contributed by atoms with Crippen LogP contribution in [0.15, 0.2) is 68.9 Å². The minimum Gasteiger partial charge on any atom is -0.0798 e. The summed E-state index contributed by atoms with van der Waals surface area (Å²) in [6, 6.07) is 0. The molecule has 4 aliphatic carbocycles. The Kier molecular flexibility index (Phi) is 2.00. The SMILES string of the molecule is CC1=C(C2=C(C)C3=C(C=CC3)C2)CC2=C1CC=C2. The van der Waals surface area contributed by atoms with Crippen LogP contribution in [0.25, 0.3) is 0 Å². The van der Waals surface area contributed by atoms with E-state index in [0.29, 0.717) is 0 Å². The van der Waals surface area contributed by atoms with E-state index in [0.717, 1.165) is 12.8 Å². The highest BCUT2D eigenvalue weighted by atomic mass is 14.3. The number of hydrogen-bond donors (Lipinski definition) is 0. The van der Waals surface area contributed by atoms with Crippen LogP contribution in [-0.4, -0.2) is 0 Å². The lowest BCUT2D eigenvalue weighted by Gasteiger charge is -2.11. The van der Waals surface area contributed by atoms with Gasteiger partial charge in [0.25, 0.3) is 0 Å². The van der Waals surface area contributed by atoms with Gasteiger partial charge in [0.15, 0.2) is 0 Å². The molecule has 0 heteroatoms. The maximum Gasteiger partial charge on any atom is -0.00173 e. The highest BCUT2D eigenvalue weighted by Crippen LogP contribution is 2.48. The Morgan fingerprint density at radius 1 is 0.667 bits per heavy atom. The van der Waals surface area contributed by atoms with Gasteiger partial charge in [-0.3, -0.25) is 0 Å². The molecular formula is C18H18. The molecule has 0 bridgehead atoms. The Morgan fingerprint density at radius 3 is 1.50 bits per heavy atom. The predicted molar refractivity (Wildman–Crippen MR) is 76.2 cm³/mol. The summed E-state index contributed by atoms with van der Waals surface area (Å²) in [6.45, 7) is 4.65. The lowest BCUT2D eigenvalue weighted by Crippen LogP contribution is -1.93. The van der Waals surface area contributed by atoms with Gasteiger partial charge in [-0.25, -0.2) is 0 Å². The topological polar surface area (TPSA) is 0 Å². The average molecular weight is 234 g/mol. The first-order valence-corrected chi connectivity index (χ1v) is 6.93. The third-order valence-electron chi connectivity index (χ3n) is 4.97. The van der Waals surface area contributed by atoms with Gasteiger partial charge < -0.3 is 0 Å². The number of hydrogen-bond acceptors (Lipinski definition) is 0. The summed E-state index contributed by atoms with van der Waals surface area (Å²) >= 11 is 0. The average Bonchev–Trinajstić information content (AvgIpc) is 3.05. The third-order valence-corrected chi connectivity index (χ3v) is 4.97. The standard InChI is InChI=1S/C18H18/c1-11-15-7-3-5-13(15)9-17(11)18-10-14-6-4-8-16(14)12(18)2/h3-6H,7-10H2,1-2H3.